The molecule has 0 amide bonds. The molecule has 0 nitrogen and oxygen atoms in total. The number of benzene rings is 2. The first-order valence-corrected chi connectivity index (χ1v) is 7.80. The van der Waals surface area contributed by atoms with Crippen molar-refractivity contribution in [1.82, 2.24) is 0 Å². The van der Waals surface area contributed by atoms with Crippen LogP contribution in [-0.4, -0.2) is 0 Å². The third kappa shape index (κ3) is 2.86. The third-order valence-corrected chi connectivity index (χ3v) is 4.98. The lowest BCUT2D eigenvalue weighted by molar-refractivity contribution is -0.138. The van der Waals surface area contributed by atoms with Crippen LogP contribution >= 0.6 is 15.9 Å². The van der Waals surface area contributed by atoms with E-state index in [9.17, 15) is 13.2 Å². The number of alkyl halides is 4. The molecule has 3 rings (SSSR count). The van der Waals surface area contributed by atoms with Gasteiger partial charge in [-0.05, 0) is 47.6 Å². The molecule has 0 fully saturated rings. The molecule has 0 saturated heterocycles. The molecule has 0 radical (unpaired) electrons. The molecule has 1 atom stereocenters. The quantitative estimate of drug-likeness (QED) is 0.608. The summed E-state index contributed by atoms with van der Waals surface area (Å²) >= 11 is 3.45. The van der Waals surface area contributed by atoms with E-state index in [0.717, 1.165) is 30.9 Å². The van der Waals surface area contributed by atoms with Gasteiger partial charge < -0.3 is 0 Å². The Balaban J connectivity index is 2.01. The zero-order chi connectivity index (χ0) is 15.0. The first-order valence-electron chi connectivity index (χ1n) is 6.89. The van der Waals surface area contributed by atoms with E-state index >= 15 is 0 Å². The molecule has 0 saturated carbocycles. The van der Waals surface area contributed by atoms with Crippen molar-refractivity contribution in [3.05, 3.63) is 70.3 Å². The lowest BCUT2D eigenvalue weighted by Crippen LogP contribution is -2.10. The maximum absolute atomic E-state index is 13.1. The van der Waals surface area contributed by atoms with E-state index < -0.39 is 16.6 Å². The van der Waals surface area contributed by atoms with Gasteiger partial charge in [0.05, 0.1) is 10.4 Å². The second kappa shape index (κ2) is 5.48. The van der Waals surface area contributed by atoms with Gasteiger partial charge in [0.15, 0.2) is 0 Å². The van der Waals surface area contributed by atoms with Gasteiger partial charge in [0.25, 0.3) is 0 Å². The van der Waals surface area contributed by atoms with Crippen LogP contribution in [0.2, 0.25) is 0 Å². The van der Waals surface area contributed by atoms with E-state index in [2.05, 4.69) is 15.9 Å². The molecule has 0 N–H and O–H groups in total. The maximum atomic E-state index is 13.1. The average Bonchev–Trinajstić information content (AvgIpc) is 2.93. The molecule has 1 aliphatic rings. The fourth-order valence-corrected chi connectivity index (χ4v) is 3.59. The largest absolute Gasteiger partial charge is 0.416 e. The van der Waals surface area contributed by atoms with Crippen LogP contribution < -0.4 is 0 Å². The Morgan fingerprint density at radius 2 is 1.67 bits per heavy atom. The molecule has 0 bridgehead atoms. The molecular weight excluding hydrogens is 341 g/mol. The van der Waals surface area contributed by atoms with Crippen LogP contribution in [0, 0.1) is 0 Å². The summed E-state index contributed by atoms with van der Waals surface area (Å²) in [5.41, 5.74) is 3.16. The van der Waals surface area contributed by atoms with Crippen LogP contribution in [0.5, 0.6) is 0 Å². The Hall–Kier alpha value is -1.29. The van der Waals surface area contributed by atoms with Crippen molar-refractivity contribution in [2.24, 2.45) is 0 Å². The fourth-order valence-electron chi connectivity index (χ4n) is 2.91. The molecule has 0 aromatic heterocycles. The van der Waals surface area contributed by atoms with Crippen molar-refractivity contribution in [2.75, 3.05) is 0 Å². The molecule has 21 heavy (non-hydrogen) atoms. The van der Waals surface area contributed by atoms with E-state index in [1.165, 1.54) is 23.3 Å². The van der Waals surface area contributed by atoms with Crippen molar-refractivity contribution in [3.63, 3.8) is 0 Å². The number of rotatable bonds is 2. The first kappa shape index (κ1) is 14.6. The summed E-state index contributed by atoms with van der Waals surface area (Å²) in [5.74, 6) is 0. The van der Waals surface area contributed by atoms with Crippen LogP contribution in [0.15, 0.2) is 42.5 Å². The Morgan fingerprint density at radius 1 is 0.952 bits per heavy atom. The zero-order valence-electron chi connectivity index (χ0n) is 11.3. The van der Waals surface area contributed by atoms with E-state index in [0.29, 0.717) is 0 Å². The van der Waals surface area contributed by atoms with Gasteiger partial charge in [0, 0.05) is 0 Å². The molecule has 2 aromatic rings. The number of hydrogen-bond donors (Lipinski definition) is 0. The van der Waals surface area contributed by atoms with E-state index in [4.69, 9.17) is 0 Å². The lowest BCUT2D eigenvalue weighted by Gasteiger charge is -2.18. The van der Waals surface area contributed by atoms with Crippen molar-refractivity contribution in [1.29, 1.82) is 0 Å². The number of halogens is 4. The molecule has 0 aliphatic heterocycles. The minimum Gasteiger partial charge on any atom is -0.166 e. The van der Waals surface area contributed by atoms with Crippen LogP contribution in [-0.2, 0) is 19.0 Å². The Kier molecular flexibility index (Phi) is 3.82. The Bertz CT molecular complexity index is 661. The maximum Gasteiger partial charge on any atom is 0.416 e. The van der Waals surface area contributed by atoms with Crippen LogP contribution in [0.25, 0.3) is 0 Å². The third-order valence-electron chi connectivity index (χ3n) is 3.95. The van der Waals surface area contributed by atoms with Crippen molar-refractivity contribution < 1.29 is 13.2 Å². The Morgan fingerprint density at radius 3 is 2.43 bits per heavy atom. The van der Waals surface area contributed by atoms with Gasteiger partial charge in [0.1, 0.15) is 0 Å². The van der Waals surface area contributed by atoms with Crippen molar-refractivity contribution in [2.45, 2.75) is 30.3 Å². The number of fused-ring (bicyclic) bond motifs is 1. The van der Waals surface area contributed by atoms with Gasteiger partial charge in [-0.1, -0.05) is 52.3 Å². The zero-order valence-corrected chi connectivity index (χ0v) is 12.8. The highest BCUT2D eigenvalue weighted by atomic mass is 79.9. The van der Waals surface area contributed by atoms with Crippen LogP contribution in [0.3, 0.4) is 0 Å². The first-order chi connectivity index (χ1) is 9.97. The molecular formula is C17H14BrF3. The predicted octanol–water partition coefficient (Wildman–Crippen LogP) is 5.68. The van der Waals surface area contributed by atoms with E-state index in [1.54, 1.807) is 6.07 Å². The van der Waals surface area contributed by atoms with Gasteiger partial charge in [0.2, 0.25) is 0 Å². The average molecular weight is 355 g/mol. The number of aryl methyl sites for hydroxylation is 2. The molecule has 1 aliphatic carbocycles. The van der Waals surface area contributed by atoms with Crippen LogP contribution in [0.1, 0.15) is 39.1 Å². The minimum absolute atomic E-state index is 0.267. The highest BCUT2D eigenvalue weighted by Gasteiger charge is 2.34. The smallest absolute Gasteiger partial charge is 0.166 e. The summed E-state index contributed by atoms with van der Waals surface area (Å²) in [4.78, 5) is -0.443. The minimum atomic E-state index is -4.33. The van der Waals surface area contributed by atoms with E-state index in [-0.39, 0.29) is 5.56 Å². The lowest BCUT2D eigenvalue weighted by atomic mass is 9.97. The molecule has 110 valence electrons. The summed E-state index contributed by atoms with van der Waals surface area (Å²) in [5, 5.41) is 0. The van der Waals surface area contributed by atoms with Crippen molar-refractivity contribution >= 4 is 15.9 Å². The molecule has 1 unspecified atom stereocenters. The summed E-state index contributed by atoms with van der Waals surface area (Å²) < 4.78 is 39.4. The SMILES string of the molecule is FC(F)(F)c1ccccc1C(Br)c1ccc2c(c1)CCC2. The molecule has 4 heteroatoms. The van der Waals surface area contributed by atoms with Gasteiger partial charge >= 0.3 is 6.18 Å². The highest BCUT2D eigenvalue weighted by Crippen LogP contribution is 2.40. The monoisotopic (exact) mass is 354 g/mol. The van der Waals surface area contributed by atoms with Gasteiger partial charge in [-0.2, -0.15) is 13.2 Å². The summed E-state index contributed by atoms with van der Waals surface area (Å²) in [6.45, 7) is 0. The summed E-state index contributed by atoms with van der Waals surface area (Å²) in [6, 6.07) is 11.8. The normalized spacial score (nSPS) is 15.8. The fraction of sp³-hybridized carbons (Fsp3) is 0.294. The second-order valence-electron chi connectivity index (χ2n) is 5.33. The summed E-state index contributed by atoms with van der Waals surface area (Å²) in [6.07, 6.45) is -1.12. The summed E-state index contributed by atoms with van der Waals surface area (Å²) in [7, 11) is 0. The van der Waals surface area contributed by atoms with Gasteiger partial charge in [-0.3, -0.25) is 0 Å². The molecule has 2 aromatic carbocycles. The Labute approximate surface area is 130 Å². The van der Waals surface area contributed by atoms with Crippen molar-refractivity contribution in [3.8, 4) is 0 Å². The topological polar surface area (TPSA) is 0 Å². The van der Waals surface area contributed by atoms with Gasteiger partial charge in [-0.25, -0.2) is 0 Å². The van der Waals surface area contributed by atoms with Gasteiger partial charge in [-0.15, -0.1) is 0 Å². The van der Waals surface area contributed by atoms with E-state index in [1.807, 2.05) is 18.2 Å². The van der Waals surface area contributed by atoms with Crippen LogP contribution in [0.4, 0.5) is 13.2 Å². The second-order valence-corrected chi connectivity index (χ2v) is 6.24. The highest BCUT2D eigenvalue weighted by molar-refractivity contribution is 9.09. The molecule has 0 spiro atoms. The standard InChI is InChI=1S/C17H14BrF3/c18-16(13-9-8-11-4-3-5-12(11)10-13)14-6-1-2-7-15(14)17(19,20)21/h1-2,6-10,16H,3-5H2. The molecule has 0 heterocycles. The predicted molar refractivity (Wildman–Crippen MR) is 80.7 cm³/mol. The number of hydrogen-bond acceptors (Lipinski definition) is 0.